The molecule has 3 aromatic rings. The molecule has 0 saturated heterocycles. The highest BCUT2D eigenvalue weighted by atomic mass is 16.5. The summed E-state index contributed by atoms with van der Waals surface area (Å²) in [4.78, 5) is 9.50. The summed E-state index contributed by atoms with van der Waals surface area (Å²) in [6, 6.07) is 16.9. The van der Waals surface area contributed by atoms with Gasteiger partial charge in [0.25, 0.3) is 0 Å². The largest absolute Gasteiger partial charge is 0.474 e. The smallest absolute Gasteiger partial charge is 0.235 e. The highest BCUT2D eigenvalue weighted by molar-refractivity contribution is 6.06. The number of fused-ring (bicyclic) bond motifs is 3. The van der Waals surface area contributed by atoms with E-state index in [-0.39, 0.29) is 6.04 Å². The third kappa shape index (κ3) is 2.13. The highest BCUT2D eigenvalue weighted by Gasteiger charge is 2.23. The number of pyridine rings is 1. The summed E-state index contributed by atoms with van der Waals surface area (Å²) in [6.07, 6.45) is 0. The molecule has 1 atom stereocenters. The fraction of sp³-hybridized carbons (Fsp3) is 0.263. The molecule has 0 amide bonds. The number of aliphatic imine (C=N–C) groups is 1. The van der Waals surface area contributed by atoms with Gasteiger partial charge in [-0.25, -0.2) is 9.98 Å². The predicted octanol–water partition coefficient (Wildman–Crippen LogP) is 4.19. The second-order valence-corrected chi connectivity index (χ2v) is 6.11. The number of rotatable bonds is 2. The molecule has 3 nitrogen and oxygen atoms in total. The van der Waals surface area contributed by atoms with Crippen molar-refractivity contribution in [3.05, 3.63) is 54.2 Å². The maximum atomic E-state index is 5.76. The number of hydrogen-bond donors (Lipinski definition) is 0. The van der Waals surface area contributed by atoms with Crippen molar-refractivity contribution in [3.8, 4) is 0 Å². The lowest BCUT2D eigenvalue weighted by Crippen LogP contribution is -2.13. The monoisotopic (exact) mass is 290 g/mol. The minimum Gasteiger partial charge on any atom is -0.474 e. The summed E-state index contributed by atoms with van der Waals surface area (Å²) >= 11 is 0. The molecule has 1 aliphatic heterocycles. The molecule has 0 bridgehead atoms. The van der Waals surface area contributed by atoms with Gasteiger partial charge in [0.2, 0.25) is 5.90 Å². The minimum absolute atomic E-state index is 0.236. The van der Waals surface area contributed by atoms with Crippen molar-refractivity contribution in [2.45, 2.75) is 19.9 Å². The van der Waals surface area contributed by atoms with E-state index in [1.807, 2.05) is 6.07 Å². The maximum absolute atomic E-state index is 5.76. The lowest BCUT2D eigenvalue weighted by molar-refractivity contribution is 0.291. The normalized spacial score (nSPS) is 18.0. The van der Waals surface area contributed by atoms with Crippen LogP contribution in [0.4, 0.5) is 0 Å². The maximum Gasteiger partial charge on any atom is 0.235 e. The van der Waals surface area contributed by atoms with Crippen LogP contribution in [-0.2, 0) is 4.74 Å². The Kier molecular flexibility index (Phi) is 3.07. The van der Waals surface area contributed by atoms with Gasteiger partial charge in [-0.2, -0.15) is 0 Å². The van der Waals surface area contributed by atoms with Gasteiger partial charge < -0.3 is 4.74 Å². The SMILES string of the molecule is CC(C)[C@H]1COC(c2ccc3ccc4ccccc4c3n2)=N1. The van der Waals surface area contributed by atoms with Crippen LogP contribution in [0.15, 0.2) is 53.5 Å². The standard InChI is InChI=1S/C19H18N2O/c1-12(2)17-11-22-19(21-17)16-10-9-14-8-7-13-5-3-4-6-15(13)18(14)20-16/h3-10,12,17H,11H2,1-2H3/t17-/m1/s1. The van der Waals surface area contributed by atoms with E-state index in [1.54, 1.807) is 0 Å². The number of aromatic nitrogens is 1. The number of nitrogens with zero attached hydrogens (tertiary/aromatic N) is 2. The van der Waals surface area contributed by atoms with E-state index in [2.05, 4.69) is 61.3 Å². The zero-order valence-electron chi connectivity index (χ0n) is 12.8. The first-order chi connectivity index (χ1) is 10.7. The number of hydrogen-bond acceptors (Lipinski definition) is 3. The zero-order chi connectivity index (χ0) is 15.1. The molecule has 2 heterocycles. The molecule has 0 unspecified atom stereocenters. The second kappa shape index (κ2) is 5.09. The molecule has 2 aromatic carbocycles. The highest BCUT2D eigenvalue weighted by Crippen LogP contribution is 2.25. The van der Waals surface area contributed by atoms with Crippen molar-refractivity contribution in [2.24, 2.45) is 10.9 Å². The van der Waals surface area contributed by atoms with Crippen LogP contribution in [0.5, 0.6) is 0 Å². The molecule has 1 aromatic heterocycles. The van der Waals surface area contributed by atoms with Gasteiger partial charge in [-0.15, -0.1) is 0 Å². The molecule has 0 N–H and O–H groups in total. The molecule has 1 aliphatic rings. The van der Waals surface area contributed by atoms with E-state index in [4.69, 9.17) is 9.72 Å². The van der Waals surface area contributed by atoms with E-state index >= 15 is 0 Å². The molecule has 110 valence electrons. The molecule has 0 spiro atoms. The summed E-state index contributed by atoms with van der Waals surface area (Å²) in [5.74, 6) is 1.16. The van der Waals surface area contributed by atoms with E-state index in [0.717, 1.165) is 16.6 Å². The number of ether oxygens (including phenoxy) is 1. The molecule has 0 saturated carbocycles. The fourth-order valence-electron chi connectivity index (χ4n) is 2.85. The first-order valence-electron chi connectivity index (χ1n) is 7.72. The van der Waals surface area contributed by atoms with Gasteiger partial charge >= 0.3 is 0 Å². The van der Waals surface area contributed by atoms with Gasteiger partial charge in [0.05, 0.1) is 11.6 Å². The van der Waals surface area contributed by atoms with Crippen LogP contribution in [0, 0.1) is 5.92 Å². The molecule has 22 heavy (non-hydrogen) atoms. The Morgan fingerprint density at radius 1 is 1.00 bits per heavy atom. The van der Waals surface area contributed by atoms with Crippen molar-refractivity contribution < 1.29 is 4.74 Å². The van der Waals surface area contributed by atoms with E-state index in [1.165, 1.54) is 10.8 Å². The van der Waals surface area contributed by atoms with Crippen LogP contribution in [0.3, 0.4) is 0 Å². The minimum atomic E-state index is 0.236. The lowest BCUT2D eigenvalue weighted by Gasteiger charge is -2.06. The topological polar surface area (TPSA) is 34.5 Å². The Morgan fingerprint density at radius 3 is 2.59 bits per heavy atom. The number of benzene rings is 2. The zero-order valence-corrected chi connectivity index (χ0v) is 12.8. The third-order valence-corrected chi connectivity index (χ3v) is 4.25. The summed E-state index contributed by atoms with van der Waals surface area (Å²) in [7, 11) is 0. The summed E-state index contributed by atoms with van der Waals surface area (Å²) in [5, 5.41) is 3.51. The van der Waals surface area contributed by atoms with Gasteiger partial charge in [-0.3, -0.25) is 0 Å². The first-order valence-corrected chi connectivity index (χ1v) is 7.72. The van der Waals surface area contributed by atoms with Gasteiger partial charge in [0.1, 0.15) is 12.3 Å². The fourth-order valence-corrected chi connectivity index (χ4v) is 2.85. The van der Waals surface area contributed by atoms with Crippen LogP contribution in [0.1, 0.15) is 19.5 Å². The second-order valence-electron chi connectivity index (χ2n) is 6.11. The van der Waals surface area contributed by atoms with Crippen molar-refractivity contribution in [1.82, 2.24) is 4.98 Å². The van der Waals surface area contributed by atoms with E-state index < -0.39 is 0 Å². The molecule has 3 heteroatoms. The predicted molar refractivity (Wildman–Crippen MR) is 90.4 cm³/mol. The van der Waals surface area contributed by atoms with Gasteiger partial charge in [-0.05, 0) is 17.4 Å². The van der Waals surface area contributed by atoms with E-state index in [9.17, 15) is 0 Å². The van der Waals surface area contributed by atoms with Gasteiger partial charge in [0.15, 0.2) is 0 Å². The Bertz CT molecular complexity index is 883. The molecular formula is C19H18N2O. The summed E-state index contributed by atoms with van der Waals surface area (Å²) in [6.45, 7) is 4.99. The van der Waals surface area contributed by atoms with Crippen LogP contribution >= 0.6 is 0 Å². The van der Waals surface area contributed by atoms with Gasteiger partial charge in [0, 0.05) is 10.8 Å². The Morgan fingerprint density at radius 2 is 1.77 bits per heavy atom. The summed E-state index contributed by atoms with van der Waals surface area (Å²) in [5.41, 5.74) is 1.84. The average molecular weight is 290 g/mol. The lowest BCUT2D eigenvalue weighted by atomic mass is 10.1. The Labute approximate surface area is 129 Å². The Balaban J connectivity index is 1.87. The van der Waals surface area contributed by atoms with Crippen molar-refractivity contribution >= 4 is 27.6 Å². The molecule has 0 radical (unpaired) electrons. The molecular weight excluding hydrogens is 272 g/mol. The van der Waals surface area contributed by atoms with Crippen LogP contribution in [0.25, 0.3) is 21.7 Å². The quantitative estimate of drug-likeness (QED) is 0.663. The van der Waals surface area contributed by atoms with Crippen molar-refractivity contribution in [1.29, 1.82) is 0 Å². The van der Waals surface area contributed by atoms with Crippen molar-refractivity contribution in [2.75, 3.05) is 6.61 Å². The van der Waals surface area contributed by atoms with Crippen molar-refractivity contribution in [3.63, 3.8) is 0 Å². The van der Waals surface area contributed by atoms with Crippen LogP contribution in [-0.4, -0.2) is 23.5 Å². The third-order valence-electron chi connectivity index (χ3n) is 4.25. The Hall–Kier alpha value is -2.42. The van der Waals surface area contributed by atoms with Gasteiger partial charge in [-0.1, -0.05) is 56.3 Å². The molecule has 0 fully saturated rings. The molecule has 0 aliphatic carbocycles. The first kappa shape index (κ1) is 13.3. The summed E-state index contributed by atoms with van der Waals surface area (Å²) < 4.78 is 5.76. The molecule has 4 rings (SSSR count). The van der Waals surface area contributed by atoms with Crippen LogP contribution in [0.2, 0.25) is 0 Å². The average Bonchev–Trinajstić information content (AvgIpc) is 3.04. The van der Waals surface area contributed by atoms with Crippen LogP contribution < -0.4 is 0 Å². The van der Waals surface area contributed by atoms with E-state index in [0.29, 0.717) is 18.4 Å².